The third kappa shape index (κ3) is 3.57. The lowest BCUT2D eigenvalue weighted by Gasteiger charge is -2.36. The van der Waals surface area contributed by atoms with Gasteiger partial charge in [-0.25, -0.2) is 0 Å². The third-order valence-electron chi connectivity index (χ3n) is 3.61. The molecule has 0 saturated carbocycles. The molecule has 1 aromatic heterocycles. The first-order chi connectivity index (χ1) is 8.69. The highest BCUT2D eigenvalue weighted by Gasteiger charge is 2.19. The molecule has 4 heteroatoms. The van der Waals surface area contributed by atoms with Crippen molar-refractivity contribution in [2.75, 3.05) is 33.2 Å². The van der Waals surface area contributed by atoms with Crippen LogP contribution in [0, 0.1) is 0 Å². The van der Waals surface area contributed by atoms with Gasteiger partial charge in [0.15, 0.2) is 0 Å². The minimum Gasteiger partial charge on any atom is -0.468 e. The Morgan fingerprint density at radius 1 is 1.28 bits per heavy atom. The van der Waals surface area contributed by atoms with Crippen LogP contribution >= 0.6 is 0 Å². The summed E-state index contributed by atoms with van der Waals surface area (Å²) in [6.07, 6.45) is 1.86. The van der Waals surface area contributed by atoms with Crippen molar-refractivity contribution >= 4 is 0 Å². The van der Waals surface area contributed by atoms with Crippen LogP contribution in [0.3, 0.4) is 0 Å². The van der Waals surface area contributed by atoms with Gasteiger partial charge in [-0.05, 0) is 27.0 Å². The Morgan fingerprint density at radius 3 is 2.61 bits per heavy atom. The molecule has 1 aliphatic rings. The fourth-order valence-electron chi connectivity index (χ4n) is 2.46. The Balaban J connectivity index is 1.80. The van der Waals surface area contributed by atoms with Crippen LogP contribution in [-0.2, 0) is 13.1 Å². The van der Waals surface area contributed by atoms with Gasteiger partial charge in [-0.15, -0.1) is 0 Å². The molecule has 2 heterocycles. The Morgan fingerprint density at radius 2 is 2.00 bits per heavy atom. The summed E-state index contributed by atoms with van der Waals surface area (Å²) in [6.45, 7) is 11.0. The smallest absolute Gasteiger partial charge is 0.118 e. The molecule has 4 nitrogen and oxygen atoms in total. The number of hydrogen-bond donors (Lipinski definition) is 1. The minimum absolute atomic E-state index is 0.665. The largest absolute Gasteiger partial charge is 0.468 e. The van der Waals surface area contributed by atoms with Gasteiger partial charge >= 0.3 is 0 Å². The first kappa shape index (κ1) is 13.6. The Labute approximate surface area is 110 Å². The Bertz CT molecular complexity index is 354. The summed E-state index contributed by atoms with van der Waals surface area (Å²) in [7, 11) is 1.96. The topological polar surface area (TPSA) is 31.7 Å². The van der Waals surface area contributed by atoms with E-state index >= 15 is 0 Å². The molecule has 0 aliphatic carbocycles. The zero-order valence-corrected chi connectivity index (χ0v) is 11.8. The summed E-state index contributed by atoms with van der Waals surface area (Å²) in [5.41, 5.74) is 1.23. The zero-order chi connectivity index (χ0) is 13.0. The molecule has 102 valence electrons. The van der Waals surface area contributed by atoms with Crippen LogP contribution in [-0.4, -0.2) is 49.1 Å². The molecule has 1 saturated heterocycles. The predicted molar refractivity (Wildman–Crippen MR) is 73.5 cm³/mol. The zero-order valence-electron chi connectivity index (χ0n) is 11.8. The number of rotatable bonds is 5. The summed E-state index contributed by atoms with van der Waals surface area (Å²) in [5.74, 6) is 1.08. The van der Waals surface area contributed by atoms with Gasteiger partial charge in [0, 0.05) is 44.3 Å². The van der Waals surface area contributed by atoms with E-state index in [2.05, 4.69) is 35.0 Å². The van der Waals surface area contributed by atoms with Crippen LogP contribution in [0.4, 0.5) is 0 Å². The first-order valence-corrected chi connectivity index (χ1v) is 6.86. The number of nitrogens with one attached hydrogen (secondary N) is 1. The first-order valence-electron chi connectivity index (χ1n) is 6.86. The van der Waals surface area contributed by atoms with Crippen molar-refractivity contribution in [3.05, 3.63) is 23.7 Å². The van der Waals surface area contributed by atoms with Gasteiger partial charge in [0.1, 0.15) is 5.76 Å². The van der Waals surface area contributed by atoms with Crippen LogP contribution in [0.2, 0.25) is 0 Å². The fraction of sp³-hybridized carbons (Fsp3) is 0.714. The molecule has 0 spiro atoms. The summed E-state index contributed by atoms with van der Waals surface area (Å²) in [4.78, 5) is 5.01. The molecule has 0 unspecified atom stereocenters. The van der Waals surface area contributed by atoms with Crippen molar-refractivity contribution < 1.29 is 4.42 Å². The Kier molecular flexibility index (Phi) is 4.80. The summed E-state index contributed by atoms with van der Waals surface area (Å²) in [6, 6.07) is 2.82. The second-order valence-corrected chi connectivity index (χ2v) is 5.36. The molecule has 1 aliphatic heterocycles. The average molecular weight is 251 g/mol. The number of piperazine rings is 1. The maximum atomic E-state index is 5.60. The van der Waals surface area contributed by atoms with Crippen molar-refractivity contribution in [1.29, 1.82) is 0 Å². The van der Waals surface area contributed by atoms with E-state index < -0.39 is 0 Å². The van der Waals surface area contributed by atoms with Gasteiger partial charge < -0.3 is 9.73 Å². The van der Waals surface area contributed by atoms with Gasteiger partial charge in [-0.1, -0.05) is 0 Å². The second kappa shape index (κ2) is 6.36. The van der Waals surface area contributed by atoms with E-state index in [-0.39, 0.29) is 0 Å². The minimum atomic E-state index is 0.665. The summed E-state index contributed by atoms with van der Waals surface area (Å²) >= 11 is 0. The molecule has 0 radical (unpaired) electrons. The number of hydrogen-bond acceptors (Lipinski definition) is 4. The maximum Gasteiger partial charge on any atom is 0.118 e. The molecule has 18 heavy (non-hydrogen) atoms. The lowest BCUT2D eigenvalue weighted by molar-refractivity contribution is 0.0991. The third-order valence-corrected chi connectivity index (χ3v) is 3.61. The standard InChI is InChI=1S/C14H25N3O/c1-12(2)17-6-4-16(5-7-17)10-14-8-13(9-15-3)11-18-14/h8,11-12,15H,4-7,9-10H2,1-3H3. The monoisotopic (exact) mass is 251 g/mol. The highest BCUT2D eigenvalue weighted by atomic mass is 16.3. The molecule has 1 fully saturated rings. The van der Waals surface area contributed by atoms with Crippen molar-refractivity contribution in [1.82, 2.24) is 15.1 Å². The number of nitrogens with zero attached hydrogens (tertiary/aromatic N) is 2. The van der Waals surface area contributed by atoms with Gasteiger partial charge in [0.05, 0.1) is 12.8 Å². The van der Waals surface area contributed by atoms with Crippen LogP contribution in [0.15, 0.2) is 16.7 Å². The highest BCUT2D eigenvalue weighted by molar-refractivity contribution is 5.12. The van der Waals surface area contributed by atoms with Crippen molar-refractivity contribution in [3.63, 3.8) is 0 Å². The maximum absolute atomic E-state index is 5.60. The predicted octanol–water partition coefficient (Wildman–Crippen LogP) is 1.52. The summed E-state index contributed by atoms with van der Waals surface area (Å²) < 4.78 is 5.60. The van der Waals surface area contributed by atoms with Crippen molar-refractivity contribution in [2.24, 2.45) is 0 Å². The molecule has 1 N–H and O–H groups in total. The van der Waals surface area contributed by atoms with Gasteiger partial charge in [0.2, 0.25) is 0 Å². The molecule has 0 atom stereocenters. The molecule has 0 bridgehead atoms. The lowest BCUT2D eigenvalue weighted by Crippen LogP contribution is -2.48. The van der Waals surface area contributed by atoms with E-state index in [0.29, 0.717) is 6.04 Å². The van der Waals surface area contributed by atoms with Crippen molar-refractivity contribution in [3.8, 4) is 0 Å². The van der Waals surface area contributed by atoms with Crippen LogP contribution < -0.4 is 5.32 Å². The molecular weight excluding hydrogens is 226 g/mol. The molecule has 2 rings (SSSR count). The van der Waals surface area contributed by atoms with Crippen LogP contribution in [0.25, 0.3) is 0 Å². The quantitative estimate of drug-likeness (QED) is 0.860. The molecular formula is C14H25N3O. The molecule has 0 amide bonds. The second-order valence-electron chi connectivity index (χ2n) is 5.36. The van der Waals surface area contributed by atoms with E-state index in [1.165, 1.54) is 18.7 Å². The van der Waals surface area contributed by atoms with Crippen LogP contribution in [0.5, 0.6) is 0 Å². The van der Waals surface area contributed by atoms with E-state index in [9.17, 15) is 0 Å². The SMILES string of the molecule is CNCc1coc(CN2CCN(C(C)C)CC2)c1. The highest BCUT2D eigenvalue weighted by Crippen LogP contribution is 2.13. The normalized spacial score (nSPS) is 18.7. The van der Waals surface area contributed by atoms with Gasteiger partial charge in [0.25, 0.3) is 0 Å². The average Bonchev–Trinajstić information content (AvgIpc) is 2.78. The molecule has 1 aromatic rings. The lowest BCUT2D eigenvalue weighted by atomic mass is 10.2. The van der Waals surface area contributed by atoms with E-state index in [1.807, 2.05) is 13.3 Å². The van der Waals surface area contributed by atoms with Crippen molar-refractivity contribution in [2.45, 2.75) is 33.0 Å². The van der Waals surface area contributed by atoms with Gasteiger partial charge in [-0.2, -0.15) is 0 Å². The fourth-order valence-corrected chi connectivity index (χ4v) is 2.46. The number of furan rings is 1. The van der Waals surface area contributed by atoms with E-state index in [4.69, 9.17) is 4.42 Å². The van der Waals surface area contributed by atoms with E-state index in [0.717, 1.165) is 31.9 Å². The van der Waals surface area contributed by atoms with Gasteiger partial charge in [-0.3, -0.25) is 9.80 Å². The Hall–Kier alpha value is -0.840. The van der Waals surface area contributed by atoms with E-state index in [1.54, 1.807) is 0 Å². The summed E-state index contributed by atoms with van der Waals surface area (Å²) in [5, 5.41) is 3.14. The van der Waals surface area contributed by atoms with Crippen LogP contribution in [0.1, 0.15) is 25.2 Å². The molecule has 0 aromatic carbocycles.